The second kappa shape index (κ2) is 8.31. The number of carbonyl (C=O) groups is 1. The number of aliphatic hydroxyl groups is 1. The summed E-state index contributed by atoms with van der Waals surface area (Å²) in [7, 11) is 1.66. The lowest BCUT2D eigenvalue weighted by molar-refractivity contribution is -0.138. The molecular formula is C18H27NO4. The molecule has 0 radical (unpaired) electrons. The Hall–Kier alpha value is -1.59. The SMILES string of the molecule is COCC[C@]1(CO)CCCN(C(=O)COc2ccccc2C)C1. The van der Waals surface area contributed by atoms with E-state index < -0.39 is 0 Å². The van der Waals surface area contributed by atoms with Crippen LogP contribution in [0.2, 0.25) is 0 Å². The van der Waals surface area contributed by atoms with Crippen molar-refractivity contribution in [1.82, 2.24) is 4.90 Å². The Morgan fingerprint density at radius 3 is 2.87 bits per heavy atom. The van der Waals surface area contributed by atoms with Crippen molar-refractivity contribution in [3.05, 3.63) is 29.8 Å². The van der Waals surface area contributed by atoms with Crippen molar-refractivity contribution >= 4 is 5.91 Å². The second-order valence-electron chi connectivity index (χ2n) is 6.37. The Morgan fingerprint density at radius 2 is 2.17 bits per heavy atom. The molecule has 0 spiro atoms. The smallest absolute Gasteiger partial charge is 0.260 e. The van der Waals surface area contributed by atoms with Gasteiger partial charge in [0.2, 0.25) is 0 Å². The molecule has 0 unspecified atom stereocenters. The van der Waals surface area contributed by atoms with Crippen molar-refractivity contribution in [1.29, 1.82) is 0 Å². The largest absolute Gasteiger partial charge is 0.484 e. The van der Waals surface area contributed by atoms with Crippen molar-refractivity contribution in [3.8, 4) is 5.75 Å². The van der Waals surface area contributed by atoms with E-state index in [-0.39, 0.29) is 24.5 Å². The summed E-state index contributed by atoms with van der Waals surface area (Å²) in [6, 6.07) is 7.67. The lowest BCUT2D eigenvalue weighted by Gasteiger charge is -2.41. The van der Waals surface area contributed by atoms with Gasteiger partial charge in [0.15, 0.2) is 6.61 Å². The van der Waals surface area contributed by atoms with Gasteiger partial charge in [0.1, 0.15) is 5.75 Å². The highest BCUT2D eigenvalue weighted by Crippen LogP contribution is 2.33. The van der Waals surface area contributed by atoms with Crippen molar-refractivity contribution in [2.45, 2.75) is 26.2 Å². The zero-order valence-corrected chi connectivity index (χ0v) is 14.1. The van der Waals surface area contributed by atoms with E-state index in [4.69, 9.17) is 9.47 Å². The predicted molar refractivity (Wildman–Crippen MR) is 88.5 cm³/mol. The molecule has 1 heterocycles. The highest BCUT2D eigenvalue weighted by atomic mass is 16.5. The lowest BCUT2D eigenvalue weighted by Crippen LogP contribution is -2.49. The normalized spacial score (nSPS) is 21.3. The topological polar surface area (TPSA) is 59.0 Å². The van der Waals surface area contributed by atoms with Crippen LogP contribution in [0.25, 0.3) is 0 Å². The third-order valence-corrected chi connectivity index (χ3v) is 4.63. The fourth-order valence-electron chi connectivity index (χ4n) is 3.10. The van der Waals surface area contributed by atoms with Crippen LogP contribution >= 0.6 is 0 Å². The number of ether oxygens (including phenoxy) is 2. The number of methoxy groups -OCH3 is 1. The van der Waals surface area contributed by atoms with E-state index in [1.165, 1.54) is 0 Å². The first-order valence-corrected chi connectivity index (χ1v) is 8.16. The molecule has 0 saturated carbocycles. The molecule has 23 heavy (non-hydrogen) atoms. The number of piperidine rings is 1. The van der Waals surface area contributed by atoms with Gasteiger partial charge < -0.3 is 19.5 Å². The Labute approximate surface area is 138 Å². The number of hydrogen-bond donors (Lipinski definition) is 1. The van der Waals surface area contributed by atoms with Gasteiger partial charge >= 0.3 is 0 Å². The molecule has 1 amide bonds. The molecular weight excluding hydrogens is 294 g/mol. The molecule has 1 fully saturated rings. The summed E-state index contributed by atoms with van der Waals surface area (Å²) in [5.74, 6) is 0.717. The number of benzene rings is 1. The van der Waals surface area contributed by atoms with Gasteiger partial charge in [-0.3, -0.25) is 4.79 Å². The van der Waals surface area contributed by atoms with E-state index in [2.05, 4.69) is 0 Å². The van der Waals surface area contributed by atoms with E-state index in [0.717, 1.165) is 37.1 Å². The second-order valence-corrected chi connectivity index (χ2v) is 6.37. The van der Waals surface area contributed by atoms with Gasteiger partial charge in [0.25, 0.3) is 5.91 Å². The summed E-state index contributed by atoms with van der Waals surface area (Å²) in [5, 5.41) is 9.79. The third-order valence-electron chi connectivity index (χ3n) is 4.63. The number of aryl methyl sites for hydroxylation is 1. The predicted octanol–water partition coefficient (Wildman–Crippen LogP) is 2.01. The maximum atomic E-state index is 12.4. The van der Waals surface area contributed by atoms with Gasteiger partial charge in [-0.1, -0.05) is 18.2 Å². The molecule has 1 atom stereocenters. The van der Waals surface area contributed by atoms with Crippen LogP contribution in [0.4, 0.5) is 0 Å². The molecule has 5 heteroatoms. The number of carbonyl (C=O) groups excluding carboxylic acids is 1. The van der Waals surface area contributed by atoms with E-state index in [0.29, 0.717) is 13.2 Å². The number of amides is 1. The molecule has 128 valence electrons. The van der Waals surface area contributed by atoms with Gasteiger partial charge in [-0.05, 0) is 37.8 Å². The highest BCUT2D eigenvalue weighted by Gasteiger charge is 2.36. The van der Waals surface area contributed by atoms with Crippen LogP contribution in [-0.2, 0) is 9.53 Å². The molecule has 1 aromatic rings. The van der Waals surface area contributed by atoms with Crippen LogP contribution < -0.4 is 4.74 Å². The molecule has 2 rings (SSSR count). The summed E-state index contributed by atoms with van der Waals surface area (Å²) >= 11 is 0. The van der Waals surface area contributed by atoms with Crippen LogP contribution in [-0.4, -0.2) is 55.9 Å². The minimum Gasteiger partial charge on any atom is -0.484 e. The number of hydrogen-bond acceptors (Lipinski definition) is 4. The first-order valence-electron chi connectivity index (χ1n) is 8.16. The molecule has 0 aromatic heterocycles. The van der Waals surface area contributed by atoms with Crippen LogP contribution in [0.5, 0.6) is 5.75 Å². The average molecular weight is 321 g/mol. The number of aliphatic hydroxyl groups excluding tert-OH is 1. The molecule has 1 aliphatic rings. The molecule has 0 bridgehead atoms. The minimum atomic E-state index is -0.243. The first-order chi connectivity index (χ1) is 11.1. The summed E-state index contributed by atoms with van der Waals surface area (Å²) in [6.45, 7) is 3.98. The molecule has 5 nitrogen and oxygen atoms in total. The number of nitrogens with zero attached hydrogens (tertiary/aromatic N) is 1. The summed E-state index contributed by atoms with van der Waals surface area (Å²) in [5.41, 5.74) is 0.774. The fourth-order valence-corrected chi connectivity index (χ4v) is 3.10. The minimum absolute atomic E-state index is 0.0248. The quantitative estimate of drug-likeness (QED) is 0.834. The van der Waals surface area contributed by atoms with Crippen LogP contribution in [0, 0.1) is 12.3 Å². The van der Waals surface area contributed by atoms with Crippen molar-refractivity contribution in [2.24, 2.45) is 5.41 Å². The Kier molecular flexibility index (Phi) is 6.42. The molecule has 1 saturated heterocycles. The molecule has 1 aliphatic heterocycles. The van der Waals surface area contributed by atoms with Gasteiger partial charge in [0.05, 0.1) is 6.61 Å². The van der Waals surface area contributed by atoms with Gasteiger partial charge in [-0.15, -0.1) is 0 Å². The monoisotopic (exact) mass is 321 g/mol. The van der Waals surface area contributed by atoms with Gasteiger partial charge in [-0.2, -0.15) is 0 Å². The molecule has 0 aliphatic carbocycles. The summed E-state index contributed by atoms with van der Waals surface area (Å²) in [6.07, 6.45) is 2.60. The Morgan fingerprint density at radius 1 is 1.39 bits per heavy atom. The zero-order chi connectivity index (χ0) is 16.7. The Bertz CT molecular complexity index is 519. The third kappa shape index (κ3) is 4.69. The van der Waals surface area contributed by atoms with Crippen molar-refractivity contribution in [2.75, 3.05) is 40.0 Å². The van der Waals surface area contributed by atoms with Crippen LogP contribution in [0.15, 0.2) is 24.3 Å². The first kappa shape index (κ1) is 17.8. The van der Waals surface area contributed by atoms with Crippen LogP contribution in [0.3, 0.4) is 0 Å². The van der Waals surface area contributed by atoms with Gasteiger partial charge in [0, 0.05) is 32.2 Å². The summed E-state index contributed by atoms with van der Waals surface area (Å²) < 4.78 is 10.8. The van der Waals surface area contributed by atoms with E-state index in [1.807, 2.05) is 36.1 Å². The highest BCUT2D eigenvalue weighted by molar-refractivity contribution is 5.78. The maximum absolute atomic E-state index is 12.4. The van der Waals surface area contributed by atoms with E-state index in [1.54, 1.807) is 7.11 Å². The number of likely N-dealkylation sites (tertiary alicyclic amines) is 1. The maximum Gasteiger partial charge on any atom is 0.260 e. The number of rotatable bonds is 7. The molecule has 1 N–H and O–H groups in total. The fraction of sp³-hybridized carbons (Fsp3) is 0.611. The average Bonchev–Trinajstić information content (AvgIpc) is 2.59. The number of para-hydroxylation sites is 1. The van der Waals surface area contributed by atoms with Crippen LogP contribution in [0.1, 0.15) is 24.8 Å². The van der Waals surface area contributed by atoms with Gasteiger partial charge in [-0.25, -0.2) is 0 Å². The molecule has 1 aromatic carbocycles. The standard InChI is InChI=1S/C18H27NO4/c1-15-6-3-4-7-16(15)23-12-17(21)19-10-5-8-18(13-19,14-20)9-11-22-2/h3-4,6-7,20H,5,8-14H2,1-2H3/t18-/m1/s1. The van der Waals surface area contributed by atoms with Crippen molar-refractivity contribution in [3.63, 3.8) is 0 Å². The van der Waals surface area contributed by atoms with E-state index >= 15 is 0 Å². The lowest BCUT2D eigenvalue weighted by atomic mass is 9.78. The Balaban J connectivity index is 1.92. The zero-order valence-electron chi connectivity index (χ0n) is 14.1. The summed E-state index contributed by atoms with van der Waals surface area (Å²) in [4.78, 5) is 14.3. The van der Waals surface area contributed by atoms with E-state index in [9.17, 15) is 9.90 Å². The van der Waals surface area contributed by atoms with Crippen molar-refractivity contribution < 1.29 is 19.4 Å².